The van der Waals surface area contributed by atoms with Gasteiger partial charge in [0.05, 0.1) is 18.7 Å². The van der Waals surface area contributed by atoms with E-state index in [1.54, 1.807) is 23.1 Å². The molecule has 1 aliphatic rings. The van der Waals surface area contributed by atoms with Gasteiger partial charge in [0.1, 0.15) is 28.7 Å². The lowest BCUT2D eigenvalue weighted by molar-refractivity contribution is -0.157. The number of amides is 3. The van der Waals surface area contributed by atoms with Gasteiger partial charge in [0, 0.05) is 17.2 Å². The lowest BCUT2D eigenvalue weighted by atomic mass is 9.86. The Labute approximate surface area is 309 Å². The number of thioether (sulfide) groups is 1. The molecule has 1 saturated heterocycles. The second kappa shape index (κ2) is 17.2. The number of aliphatic carboxylic acids is 1. The van der Waals surface area contributed by atoms with Crippen LogP contribution in [0.3, 0.4) is 0 Å². The molecule has 1 unspecified atom stereocenters. The predicted octanol–water partition coefficient (Wildman–Crippen LogP) is 4.86. The van der Waals surface area contributed by atoms with Crippen molar-refractivity contribution in [2.75, 3.05) is 29.6 Å². The van der Waals surface area contributed by atoms with Crippen LogP contribution in [0.2, 0.25) is 0 Å². The number of nitrogens with two attached hydrogens (primary N) is 1. The van der Waals surface area contributed by atoms with Crippen LogP contribution in [0.1, 0.15) is 40.0 Å². The first-order valence-corrected chi connectivity index (χ1v) is 17.9. The first kappa shape index (κ1) is 38.5. The van der Waals surface area contributed by atoms with Crippen molar-refractivity contribution in [2.45, 2.75) is 36.8 Å². The molecule has 1 aliphatic heterocycles. The zero-order chi connectivity index (χ0) is 37.5. The molecule has 14 heteroatoms. The second-order valence-corrected chi connectivity index (χ2v) is 13.7. The average molecular weight is 750 g/mol. The number of hydrogen-bond donors (Lipinski definition) is 4. The van der Waals surface area contributed by atoms with Crippen molar-refractivity contribution in [3.05, 3.63) is 130 Å². The summed E-state index contributed by atoms with van der Waals surface area (Å²) in [5, 5.41) is 19.8. The molecule has 4 N–H and O–H groups in total. The van der Waals surface area contributed by atoms with Gasteiger partial charge in [-0.3, -0.25) is 19.3 Å². The van der Waals surface area contributed by atoms with Crippen LogP contribution in [0.5, 0.6) is 5.75 Å². The van der Waals surface area contributed by atoms with Crippen molar-refractivity contribution in [1.82, 2.24) is 4.90 Å². The number of benzene rings is 4. The summed E-state index contributed by atoms with van der Waals surface area (Å²) in [6, 6.07) is 21.9. The zero-order valence-electron chi connectivity index (χ0n) is 28.0. The number of nitrogens with zero attached hydrogens (tertiary/aromatic N) is 2. The third kappa shape index (κ3) is 8.81. The Bertz CT molecular complexity index is 1910. The molecule has 52 heavy (non-hydrogen) atoms. The van der Waals surface area contributed by atoms with Gasteiger partial charge in [-0.15, -0.1) is 11.8 Å². The third-order valence-corrected chi connectivity index (χ3v) is 10.3. The summed E-state index contributed by atoms with van der Waals surface area (Å²) >= 11 is 5.24. The number of carboxylic acid groups (broad SMARTS) is 1. The van der Waals surface area contributed by atoms with Gasteiger partial charge in [-0.1, -0.05) is 48.0 Å². The number of aryl methyl sites for hydroxylation is 1. The number of rotatable bonds is 15. The summed E-state index contributed by atoms with van der Waals surface area (Å²) in [6.07, 6.45) is -0.593. The lowest BCUT2D eigenvalue weighted by Gasteiger charge is -2.48. The van der Waals surface area contributed by atoms with E-state index in [-0.39, 0.29) is 23.2 Å². The van der Waals surface area contributed by atoms with Gasteiger partial charge in [-0.2, -0.15) is 12.6 Å². The van der Waals surface area contributed by atoms with Gasteiger partial charge < -0.3 is 25.6 Å². The van der Waals surface area contributed by atoms with Crippen LogP contribution < -0.4 is 15.4 Å². The predicted molar refractivity (Wildman–Crippen MR) is 196 cm³/mol. The van der Waals surface area contributed by atoms with Crippen molar-refractivity contribution in [2.24, 2.45) is 5.73 Å². The number of carboxylic acids is 1. The van der Waals surface area contributed by atoms with Crippen LogP contribution >= 0.6 is 24.4 Å². The van der Waals surface area contributed by atoms with Crippen LogP contribution in [0.15, 0.2) is 91.0 Å². The minimum Gasteiger partial charge on any atom is -0.484 e. The Hall–Kier alpha value is -4.76. The van der Waals surface area contributed by atoms with Crippen molar-refractivity contribution >= 4 is 53.8 Å². The van der Waals surface area contributed by atoms with Crippen LogP contribution in [-0.2, 0) is 25.6 Å². The summed E-state index contributed by atoms with van der Waals surface area (Å²) in [7, 11) is 0. The summed E-state index contributed by atoms with van der Waals surface area (Å²) in [6.45, 7) is 0.699. The fourth-order valence-corrected chi connectivity index (χ4v) is 7.51. The molecular formula is C38H37F2N3O7S2. The molecule has 10 nitrogen and oxygen atoms in total. The highest BCUT2D eigenvalue weighted by atomic mass is 32.2. The molecule has 5 rings (SSSR count). The minimum absolute atomic E-state index is 0.133. The Kier molecular flexibility index (Phi) is 12.7. The molecule has 0 bridgehead atoms. The molecule has 0 aliphatic carbocycles. The SMILES string of the molecule is Cc1ccc(Cc2cc(OCC(=O)N(C(=O)CN)[C@H](CS)C(=O)O)ccc2[C@@H]2[C@@H](SCC(O)c3ccc(F)cc3)C(=O)N2c2ccc(F)cc2)cc1. The fourth-order valence-electron chi connectivity index (χ4n) is 5.90. The molecule has 4 atom stereocenters. The van der Waals surface area contributed by atoms with E-state index in [9.17, 15) is 38.2 Å². The van der Waals surface area contributed by atoms with Crippen molar-refractivity contribution < 1.29 is 42.9 Å². The van der Waals surface area contributed by atoms with Crippen LogP contribution in [-0.4, -0.2) is 74.8 Å². The molecule has 4 aromatic carbocycles. The molecule has 4 aromatic rings. The zero-order valence-corrected chi connectivity index (χ0v) is 29.7. The van der Waals surface area contributed by atoms with Gasteiger partial charge >= 0.3 is 5.97 Å². The van der Waals surface area contributed by atoms with E-state index in [1.165, 1.54) is 60.3 Å². The number of β-lactam (4-membered cyclic amide) rings is 1. The number of hydrogen-bond acceptors (Lipinski definition) is 9. The summed E-state index contributed by atoms with van der Waals surface area (Å²) < 4.78 is 33.3. The lowest BCUT2D eigenvalue weighted by Crippen LogP contribution is -2.58. The summed E-state index contributed by atoms with van der Waals surface area (Å²) in [5.41, 5.74) is 9.89. The van der Waals surface area contributed by atoms with Crippen LogP contribution in [0, 0.1) is 18.6 Å². The Morgan fingerprint density at radius 1 is 0.962 bits per heavy atom. The molecule has 3 amide bonds. The maximum absolute atomic E-state index is 13.9. The van der Waals surface area contributed by atoms with E-state index in [4.69, 9.17) is 10.5 Å². The molecule has 272 valence electrons. The number of aliphatic hydroxyl groups is 1. The maximum atomic E-state index is 13.9. The van der Waals surface area contributed by atoms with Crippen molar-refractivity contribution in [3.63, 3.8) is 0 Å². The Balaban J connectivity index is 1.48. The van der Waals surface area contributed by atoms with E-state index < -0.39 is 66.0 Å². The van der Waals surface area contributed by atoms with Gasteiger partial charge in [0.25, 0.3) is 5.91 Å². The van der Waals surface area contributed by atoms with E-state index in [0.717, 1.165) is 22.3 Å². The molecule has 0 spiro atoms. The number of imide groups is 1. The van der Waals surface area contributed by atoms with Crippen molar-refractivity contribution in [3.8, 4) is 5.75 Å². The first-order chi connectivity index (χ1) is 24.9. The number of aliphatic hydroxyl groups excluding tert-OH is 1. The highest BCUT2D eigenvalue weighted by Gasteiger charge is 2.50. The highest BCUT2D eigenvalue weighted by Crippen LogP contribution is 2.47. The largest absolute Gasteiger partial charge is 0.484 e. The second-order valence-electron chi connectivity index (χ2n) is 12.2. The van der Waals surface area contributed by atoms with E-state index in [1.807, 2.05) is 31.2 Å². The quantitative estimate of drug-likeness (QED) is 0.0988. The average Bonchev–Trinajstić information content (AvgIpc) is 3.13. The standard InChI is InChI=1S/C38H37F2N3O7S2/c1-22-2-4-23(5-3-22)16-25-17-29(50-19-34(46)43(33(45)18-41)31(20-51)38(48)49)14-15-30(25)35-36(37(47)42(35)28-12-10-27(40)11-13-28)52-21-32(44)24-6-8-26(39)9-7-24/h2-15,17,31-32,35-36,44,51H,16,18-21,41H2,1H3,(H,48,49)/t31-,32?,35-,36-/m1/s1. The number of ether oxygens (including phenoxy) is 1. The van der Waals surface area contributed by atoms with E-state index >= 15 is 0 Å². The van der Waals surface area contributed by atoms with Crippen LogP contribution in [0.25, 0.3) is 0 Å². The third-order valence-electron chi connectivity index (χ3n) is 8.63. The monoisotopic (exact) mass is 749 g/mol. The molecule has 0 radical (unpaired) electrons. The van der Waals surface area contributed by atoms with Crippen molar-refractivity contribution in [1.29, 1.82) is 0 Å². The highest BCUT2D eigenvalue weighted by molar-refractivity contribution is 8.00. The normalized spacial score (nSPS) is 16.5. The minimum atomic E-state index is -1.54. The maximum Gasteiger partial charge on any atom is 0.327 e. The Morgan fingerprint density at radius 2 is 1.60 bits per heavy atom. The van der Waals surface area contributed by atoms with E-state index in [2.05, 4.69) is 12.6 Å². The molecule has 0 saturated carbocycles. The first-order valence-electron chi connectivity index (χ1n) is 16.2. The Morgan fingerprint density at radius 3 is 2.19 bits per heavy atom. The molecule has 0 aromatic heterocycles. The van der Waals surface area contributed by atoms with Gasteiger partial charge in [-0.05, 0) is 84.1 Å². The number of anilines is 1. The number of carbonyl (C=O) groups excluding carboxylic acids is 3. The summed E-state index contributed by atoms with van der Waals surface area (Å²) in [4.78, 5) is 53.2. The fraction of sp³-hybridized carbons (Fsp3) is 0.263. The molecule has 1 fully saturated rings. The smallest absolute Gasteiger partial charge is 0.327 e. The van der Waals surface area contributed by atoms with Gasteiger partial charge in [0.2, 0.25) is 11.8 Å². The molecular weight excluding hydrogens is 713 g/mol. The number of carbonyl (C=O) groups is 4. The van der Waals surface area contributed by atoms with Gasteiger partial charge in [0.15, 0.2) is 6.61 Å². The van der Waals surface area contributed by atoms with Crippen LogP contribution in [0.4, 0.5) is 14.5 Å². The van der Waals surface area contributed by atoms with Gasteiger partial charge in [-0.25, -0.2) is 13.6 Å². The van der Waals surface area contributed by atoms with E-state index in [0.29, 0.717) is 22.6 Å². The summed E-state index contributed by atoms with van der Waals surface area (Å²) in [5.74, 6) is -4.33. The number of thiol groups is 1. The number of halogens is 2. The topological polar surface area (TPSA) is 150 Å². The molecule has 1 heterocycles.